The van der Waals surface area contributed by atoms with Gasteiger partial charge < -0.3 is 17.7 Å². The molecule has 0 aromatic heterocycles. The van der Waals surface area contributed by atoms with E-state index in [0.717, 1.165) is 11.1 Å². The second-order valence-electron chi connectivity index (χ2n) is 13.3. The summed E-state index contributed by atoms with van der Waals surface area (Å²) in [5.74, 6) is 0. The third-order valence-corrected chi connectivity index (χ3v) is 14.5. The number of halogens is 2. The Bertz CT molecular complexity index is 987. The molecule has 224 valence electrons. The van der Waals surface area contributed by atoms with Gasteiger partial charge in [0.2, 0.25) is 0 Å². The molecule has 6 atom stereocenters. The molecule has 6 nitrogen and oxygen atoms in total. The fourth-order valence-electron chi connectivity index (χ4n) is 4.43. The van der Waals surface area contributed by atoms with E-state index in [4.69, 9.17) is 39.9 Å². The average molecular weight is 628 g/mol. The summed E-state index contributed by atoms with van der Waals surface area (Å²) in [6.45, 7) is 18.3. The Kier molecular flexibility index (Phi) is 11.2. The third-order valence-electron chi connectivity index (χ3n) is 7.11. The van der Waals surface area contributed by atoms with Gasteiger partial charge in [-0.3, -0.25) is 9.13 Å². The summed E-state index contributed by atoms with van der Waals surface area (Å²) >= 11 is 13.4. The van der Waals surface area contributed by atoms with E-state index in [0.29, 0.717) is 13.2 Å². The van der Waals surface area contributed by atoms with Crippen molar-refractivity contribution in [2.24, 2.45) is 10.8 Å². The molecule has 2 heterocycles. The molecule has 0 spiro atoms. The molecular weight excluding hydrogens is 579 g/mol. The molecule has 2 aromatic rings. The summed E-state index contributed by atoms with van der Waals surface area (Å²) in [6, 6.07) is 20.9. The molecule has 2 fully saturated rings. The van der Waals surface area contributed by atoms with Gasteiger partial charge in [-0.25, -0.2) is 0 Å². The predicted octanol–water partition coefficient (Wildman–Crippen LogP) is 7.63. The van der Waals surface area contributed by atoms with Crippen LogP contribution >= 0.6 is 22.2 Å². The van der Waals surface area contributed by atoms with Gasteiger partial charge in [0.1, 0.15) is 0 Å². The first kappa shape index (κ1) is 33.7. The molecule has 4 rings (SSSR count). The number of hydrogen-bond donors (Lipinski definition) is 0. The highest BCUT2D eigenvalue weighted by Gasteiger charge is 2.56. The fraction of sp³-hybridized carbons (Fsp3) is 0.600. The maximum absolute atomic E-state index is 6.69. The normalized spacial score (nSPS) is 31.7. The van der Waals surface area contributed by atoms with Crippen LogP contribution in [0.4, 0.5) is 0 Å². The van der Waals surface area contributed by atoms with E-state index in [1.165, 1.54) is 0 Å². The van der Waals surface area contributed by atoms with E-state index < -0.39 is 16.1 Å². The lowest BCUT2D eigenvalue weighted by atomic mass is 9.99. The van der Waals surface area contributed by atoms with Gasteiger partial charge in [-0.05, 0) is 49.9 Å². The summed E-state index contributed by atoms with van der Waals surface area (Å²) < 4.78 is 28.5. The predicted molar refractivity (Wildman–Crippen MR) is 169 cm³/mol. The zero-order chi connectivity index (χ0) is 29.9. The van der Waals surface area contributed by atoms with Gasteiger partial charge in [-0.1, -0.05) is 124 Å². The van der Waals surface area contributed by atoms with Gasteiger partial charge >= 0.3 is 16.1 Å². The van der Waals surface area contributed by atoms with Crippen LogP contribution in [0.25, 0.3) is 0 Å². The first-order valence-electron chi connectivity index (χ1n) is 14.0. The number of benzene rings is 2. The van der Waals surface area contributed by atoms with Gasteiger partial charge in [0.15, 0.2) is 0 Å². The maximum atomic E-state index is 6.69. The van der Waals surface area contributed by atoms with Crippen molar-refractivity contribution < 1.29 is 17.7 Å². The zero-order valence-electron chi connectivity index (χ0n) is 25.8. The second-order valence-corrected chi connectivity index (χ2v) is 20.7. The Hall–Kier alpha value is -0.786. The highest BCUT2D eigenvalue weighted by molar-refractivity contribution is 7.11. The minimum absolute atomic E-state index is 0.0228. The highest BCUT2D eigenvalue weighted by Crippen LogP contribution is 2.41. The Morgan fingerprint density at radius 1 is 0.650 bits per heavy atom. The van der Waals surface area contributed by atoms with Crippen molar-refractivity contribution in [3.05, 3.63) is 71.8 Å². The van der Waals surface area contributed by atoms with Crippen LogP contribution in [-0.4, -0.2) is 64.6 Å². The van der Waals surface area contributed by atoms with Crippen molar-refractivity contribution in [1.82, 2.24) is 9.13 Å². The Labute approximate surface area is 253 Å². The molecule has 0 bridgehead atoms. The van der Waals surface area contributed by atoms with Crippen molar-refractivity contribution >= 4 is 38.2 Å². The molecule has 2 saturated heterocycles. The number of likely N-dealkylation sites (N-methyl/N-ethyl adjacent to an activating group) is 2. The Morgan fingerprint density at radius 3 is 1.23 bits per heavy atom. The topological polar surface area (TPSA) is 43.4 Å². The molecule has 0 amide bonds. The summed E-state index contributed by atoms with van der Waals surface area (Å²) in [5.41, 5.74) is 2.46. The molecular formula is C30H48Cl2N2O4Si2. The van der Waals surface area contributed by atoms with Gasteiger partial charge in [-0.2, -0.15) is 0 Å². The van der Waals surface area contributed by atoms with E-state index in [-0.39, 0.29) is 35.1 Å². The first-order chi connectivity index (χ1) is 18.5. The quantitative estimate of drug-likeness (QED) is 0.242. The van der Waals surface area contributed by atoms with Crippen LogP contribution in [0.3, 0.4) is 0 Å². The lowest BCUT2D eigenvalue weighted by molar-refractivity contribution is 0.117. The van der Waals surface area contributed by atoms with Crippen LogP contribution in [0.1, 0.15) is 78.7 Å². The molecule has 0 aliphatic carbocycles. The van der Waals surface area contributed by atoms with Crippen LogP contribution in [0.15, 0.2) is 60.7 Å². The Morgan fingerprint density at radius 2 is 0.950 bits per heavy atom. The minimum atomic E-state index is -2.80. The van der Waals surface area contributed by atoms with Crippen molar-refractivity contribution in [3.8, 4) is 0 Å². The van der Waals surface area contributed by atoms with E-state index >= 15 is 0 Å². The van der Waals surface area contributed by atoms with E-state index in [1.807, 2.05) is 50.5 Å². The van der Waals surface area contributed by atoms with E-state index in [1.54, 1.807) is 0 Å². The molecule has 0 N–H and O–H groups in total. The molecule has 40 heavy (non-hydrogen) atoms. The number of nitrogens with zero attached hydrogens (tertiary/aromatic N) is 2. The third kappa shape index (κ3) is 8.63. The summed E-state index contributed by atoms with van der Waals surface area (Å²) in [5, 5.41) is 0. The molecule has 2 aliphatic rings. The summed E-state index contributed by atoms with van der Waals surface area (Å²) in [7, 11) is -1.61. The van der Waals surface area contributed by atoms with Gasteiger partial charge in [0.25, 0.3) is 0 Å². The summed E-state index contributed by atoms with van der Waals surface area (Å²) in [4.78, 5) is 0. The molecule has 2 aromatic carbocycles. The van der Waals surface area contributed by atoms with Crippen LogP contribution in [0.2, 0.25) is 0 Å². The first-order valence-corrected chi connectivity index (χ1v) is 19.6. The van der Waals surface area contributed by atoms with E-state index in [2.05, 4.69) is 88.8 Å². The SMILES string of the molecule is C[C@@H]1[C@@H](c2ccccc2)O[Si@@](Cl)(OCC(C)(C)C)N1C.C[C@@H]1[C@@H](c2ccccc2)O[Si@](Cl)(OCC(C)(C)C)N1C. The molecule has 2 aliphatic heterocycles. The zero-order valence-corrected chi connectivity index (χ0v) is 29.3. The minimum Gasteiger partial charge on any atom is -0.370 e. The molecule has 0 unspecified atom stereocenters. The van der Waals surface area contributed by atoms with E-state index in [9.17, 15) is 0 Å². The van der Waals surface area contributed by atoms with Crippen molar-refractivity contribution in [3.63, 3.8) is 0 Å². The molecule has 10 heteroatoms. The van der Waals surface area contributed by atoms with Crippen LogP contribution in [0, 0.1) is 10.8 Å². The lowest BCUT2D eigenvalue weighted by Crippen LogP contribution is -2.49. The highest BCUT2D eigenvalue weighted by atomic mass is 35.6. The number of hydrogen-bond acceptors (Lipinski definition) is 6. The van der Waals surface area contributed by atoms with Crippen LogP contribution in [0.5, 0.6) is 0 Å². The van der Waals surface area contributed by atoms with Crippen molar-refractivity contribution in [2.45, 2.75) is 79.7 Å². The van der Waals surface area contributed by atoms with Crippen molar-refractivity contribution in [1.29, 1.82) is 0 Å². The number of rotatable bonds is 6. The largest absolute Gasteiger partial charge is 0.537 e. The van der Waals surface area contributed by atoms with Crippen molar-refractivity contribution in [2.75, 3.05) is 27.3 Å². The fourth-order valence-corrected chi connectivity index (χ4v) is 10.9. The smallest absolute Gasteiger partial charge is 0.370 e. The standard InChI is InChI=1S/2C15H24ClNO2Si/c2*1-12-14(13-9-7-6-8-10-13)19-20(16,17(12)5)18-11-15(2,3)4/h2*6-10,12,14H,11H2,1-5H3/t12-,14+,20+;12-,14+,20-/m11/s1. The summed E-state index contributed by atoms with van der Waals surface area (Å²) in [6.07, 6.45) is -0.0457. The average Bonchev–Trinajstić information content (AvgIpc) is 3.27. The molecule has 0 radical (unpaired) electrons. The van der Waals surface area contributed by atoms with Crippen LogP contribution < -0.4 is 0 Å². The Balaban J connectivity index is 0.000000220. The maximum Gasteiger partial charge on any atom is 0.537 e. The van der Waals surface area contributed by atoms with Gasteiger partial charge in [-0.15, -0.1) is 0 Å². The lowest BCUT2D eigenvalue weighted by Gasteiger charge is -2.29. The van der Waals surface area contributed by atoms with Crippen LogP contribution in [-0.2, 0) is 17.7 Å². The molecule has 0 saturated carbocycles. The second kappa shape index (κ2) is 13.2. The van der Waals surface area contributed by atoms with Gasteiger partial charge in [0, 0.05) is 25.3 Å². The van der Waals surface area contributed by atoms with Gasteiger partial charge in [0.05, 0.1) is 12.2 Å². The monoisotopic (exact) mass is 626 g/mol.